The van der Waals surface area contributed by atoms with Gasteiger partial charge in [-0.15, -0.1) is 11.3 Å². The van der Waals surface area contributed by atoms with Gasteiger partial charge in [0.2, 0.25) is 0 Å². The van der Waals surface area contributed by atoms with E-state index in [1.807, 2.05) is 6.07 Å². The lowest BCUT2D eigenvalue weighted by Gasteiger charge is -2.24. The second-order valence-corrected chi connectivity index (χ2v) is 6.27. The van der Waals surface area contributed by atoms with Gasteiger partial charge in [-0.25, -0.2) is 0 Å². The number of anilines is 1. The second kappa shape index (κ2) is 5.77. The number of fused-ring (bicyclic) bond motifs is 1. The van der Waals surface area contributed by atoms with E-state index in [4.69, 9.17) is 12.2 Å². The van der Waals surface area contributed by atoms with Crippen molar-refractivity contribution >= 4 is 39.5 Å². The number of para-hydroxylation sites is 2. The summed E-state index contributed by atoms with van der Waals surface area (Å²) in [5.41, 5.74) is 2.45. The minimum Gasteiger partial charge on any atom is -0.354 e. The summed E-state index contributed by atoms with van der Waals surface area (Å²) in [6.45, 7) is 3.92. The minimum absolute atomic E-state index is 0.795. The first kappa shape index (κ1) is 13.3. The Labute approximate surface area is 127 Å². The third-order valence-electron chi connectivity index (χ3n) is 3.39. The summed E-state index contributed by atoms with van der Waals surface area (Å²) in [4.78, 5) is 2.33. The normalized spacial score (nSPS) is 10.8. The number of hydrogen-bond acceptors (Lipinski definition) is 3. The number of nitrogens with zero attached hydrogens (tertiary/aromatic N) is 2. The van der Waals surface area contributed by atoms with Crippen LogP contribution >= 0.6 is 23.6 Å². The van der Waals surface area contributed by atoms with E-state index in [0.717, 1.165) is 17.2 Å². The van der Waals surface area contributed by atoms with E-state index in [2.05, 4.69) is 64.9 Å². The average Bonchev–Trinajstić information content (AvgIpc) is 2.81. The Kier molecular flexibility index (Phi) is 3.85. The molecule has 1 heterocycles. The van der Waals surface area contributed by atoms with E-state index in [1.165, 1.54) is 15.9 Å². The molecular formula is C16H16N2S2. The summed E-state index contributed by atoms with van der Waals surface area (Å²) in [6, 6.07) is 18.9. The van der Waals surface area contributed by atoms with Crippen molar-refractivity contribution in [3.63, 3.8) is 0 Å². The van der Waals surface area contributed by atoms with Gasteiger partial charge in [0.25, 0.3) is 0 Å². The zero-order chi connectivity index (χ0) is 13.9. The largest absolute Gasteiger partial charge is 0.354 e. The molecule has 0 radical (unpaired) electrons. The molecule has 0 aliphatic rings. The topological polar surface area (TPSA) is 8.17 Å². The van der Waals surface area contributed by atoms with E-state index in [-0.39, 0.29) is 0 Å². The van der Waals surface area contributed by atoms with Crippen LogP contribution < -0.4 is 4.90 Å². The number of hydrogen-bond donors (Lipinski definition) is 0. The van der Waals surface area contributed by atoms with Gasteiger partial charge in [0, 0.05) is 12.2 Å². The third kappa shape index (κ3) is 2.49. The second-order valence-electron chi connectivity index (χ2n) is 4.60. The Hall–Kier alpha value is -1.65. The van der Waals surface area contributed by atoms with Crippen molar-refractivity contribution in [1.29, 1.82) is 0 Å². The van der Waals surface area contributed by atoms with Gasteiger partial charge in [-0.05, 0) is 43.4 Å². The molecule has 0 N–H and O–H groups in total. The fourth-order valence-corrected chi connectivity index (χ4v) is 3.63. The highest BCUT2D eigenvalue weighted by Gasteiger charge is 2.09. The quantitative estimate of drug-likeness (QED) is 0.632. The Morgan fingerprint density at radius 2 is 1.75 bits per heavy atom. The summed E-state index contributed by atoms with van der Waals surface area (Å²) in [5, 5.41) is 0. The van der Waals surface area contributed by atoms with Crippen molar-refractivity contribution < 1.29 is 0 Å². The molecular weight excluding hydrogens is 284 g/mol. The summed E-state index contributed by atoms with van der Waals surface area (Å²) in [6.07, 6.45) is 0. The van der Waals surface area contributed by atoms with Crippen LogP contribution in [0.4, 0.5) is 5.69 Å². The number of aromatic nitrogens is 1. The lowest BCUT2D eigenvalue weighted by atomic mass is 10.3. The molecule has 0 saturated heterocycles. The first-order valence-electron chi connectivity index (χ1n) is 6.68. The fourth-order valence-electron chi connectivity index (χ4n) is 2.32. The third-order valence-corrected chi connectivity index (χ3v) is 4.82. The molecule has 102 valence electrons. The summed E-state index contributed by atoms with van der Waals surface area (Å²) in [5.74, 6) is 0. The van der Waals surface area contributed by atoms with E-state index in [0.29, 0.717) is 0 Å². The number of rotatable bonds is 4. The molecule has 0 unspecified atom stereocenters. The van der Waals surface area contributed by atoms with Gasteiger partial charge in [0.1, 0.15) is 0 Å². The SMILES string of the molecule is CCN(Cn1c(=S)sc2ccccc21)c1ccccc1. The van der Waals surface area contributed by atoms with Crippen molar-refractivity contribution in [1.82, 2.24) is 4.57 Å². The molecule has 0 bridgehead atoms. The molecule has 4 heteroatoms. The molecule has 0 fully saturated rings. The van der Waals surface area contributed by atoms with E-state index in [9.17, 15) is 0 Å². The molecule has 0 aliphatic heterocycles. The molecule has 0 saturated carbocycles. The lowest BCUT2D eigenvalue weighted by molar-refractivity contribution is 0.669. The van der Waals surface area contributed by atoms with Gasteiger partial charge in [-0.2, -0.15) is 0 Å². The van der Waals surface area contributed by atoms with Crippen LogP contribution in [-0.4, -0.2) is 11.1 Å². The van der Waals surface area contributed by atoms with Crippen molar-refractivity contribution in [2.24, 2.45) is 0 Å². The smallest absolute Gasteiger partial charge is 0.163 e. The highest BCUT2D eigenvalue weighted by molar-refractivity contribution is 7.73. The van der Waals surface area contributed by atoms with Gasteiger partial charge < -0.3 is 9.47 Å². The van der Waals surface area contributed by atoms with Crippen molar-refractivity contribution in [2.45, 2.75) is 13.6 Å². The number of benzene rings is 2. The minimum atomic E-state index is 0.795. The van der Waals surface area contributed by atoms with Gasteiger partial charge in [-0.1, -0.05) is 30.3 Å². The monoisotopic (exact) mass is 300 g/mol. The molecule has 3 rings (SSSR count). The molecule has 20 heavy (non-hydrogen) atoms. The summed E-state index contributed by atoms with van der Waals surface area (Å²) < 4.78 is 4.40. The molecule has 0 amide bonds. The zero-order valence-electron chi connectivity index (χ0n) is 11.3. The lowest BCUT2D eigenvalue weighted by Crippen LogP contribution is -2.25. The Morgan fingerprint density at radius 3 is 2.50 bits per heavy atom. The van der Waals surface area contributed by atoms with Gasteiger partial charge in [0.05, 0.1) is 16.9 Å². The van der Waals surface area contributed by atoms with Crippen molar-refractivity contribution in [3.8, 4) is 0 Å². The summed E-state index contributed by atoms with van der Waals surface area (Å²) >= 11 is 7.20. The van der Waals surface area contributed by atoms with Crippen LogP contribution in [0.2, 0.25) is 0 Å². The predicted molar refractivity (Wildman–Crippen MR) is 90.1 cm³/mol. The van der Waals surface area contributed by atoms with Crippen LogP contribution in [0.1, 0.15) is 6.92 Å². The van der Waals surface area contributed by atoms with Crippen LogP contribution in [-0.2, 0) is 6.67 Å². The van der Waals surface area contributed by atoms with Gasteiger partial charge in [0.15, 0.2) is 3.95 Å². The Bertz CT molecular complexity index is 759. The maximum atomic E-state index is 5.52. The number of thiazole rings is 1. The molecule has 3 aromatic rings. The van der Waals surface area contributed by atoms with E-state index < -0.39 is 0 Å². The molecule has 2 aromatic carbocycles. The molecule has 2 nitrogen and oxygen atoms in total. The van der Waals surface area contributed by atoms with Crippen LogP contribution in [0.25, 0.3) is 10.2 Å². The molecule has 1 aromatic heterocycles. The first-order chi connectivity index (χ1) is 9.79. The molecule has 0 spiro atoms. The first-order valence-corrected chi connectivity index (χ1v) is 7.90. The fraction of sp³-hybridized carbons (Fsp3) is 0.188. The summed E-state index contributed by atoms with van der Waals surface area (Å²) in [7, 11) is 0. The predicted octanol–water partition coefficient (Wildman–Crippen LogP) is 4.92. The van der Waals surface area contributed by atoms with Crippen LogP contribution in [0.5, 0.6) is 0 Å². The average molecular weight is 300 g/mol. The maximum Gasteiger partial charge on any atom is 0.163 e. The highest BCUT2D eigenvalue weighted by atomic mass is 32.1. The van der Waals surface area contributed by atoms with Gasteiger partial charge in [-0.3, -0.25) is 0 Å². The standard InChI is InChI=1S/C16H16N2S2/c1-2-17(13-8-4-3-5-9-13)12-18-14-10-6-7-11-15(14)20-16(18)19/h3-11H,2,12H2,1H3. The zero-order valence-corrected chi connectivity index (χ0v) is 13.0. The molecule has 0 atom stereocenters. The van der Waals surface area contributed by atoms with E-state index >= 15 is 0 Å². The van der Waals surface area contributed by atoms with Crippen LogP contribution in [0.15, 0.2) is 54.6 Å². The van der Waals surface area contributed by atoms with Crippen molar-refractivity contribution in [3.05, 3.63) is 58.6 Å². The highest BCUT2D eigenvalue weighted by Crippen LogP contribution is 2.24. The van der Waals surface area contributed by atoms with Crippen LogP contribution in [0, 0.1) is 3.95 Å². The Balaban J connectivity index is 2.00. The van der Waals surface area contributed by atoms with Crippen LogP contribution in [0.3, 0.4) is 0 Å². The maximum absolute atomic E-state index is 5.52. The van der Waals surface area contributed by atoms with Crippen molar-refractivity contribution in [2.75, 3.05) is 11.4 Å². The molecule has 0 aliphatic carbocycles. The van der Waals surface area contributed by atoms with E-state index in [1.54, 1.807) is 11.3 Å². The Morgan fingerprint density at radius 1 is 1.05 bits per heavy atom. The van der Waals surface area contributed by atoms with Gasteiger partial charge >= 0.3 is 0 Å².